The molecule has 0 fully saturated rings. The van der Waals surface area contributed by atoms with Gasteiger partial charge in [-0.15, -0.1) is 0 Å². The van der Waals surface area contributed by atoms with Gasteiger partial charge in [-0.1, -0.05) is 18.2 Å². The van der Waals surface area contributed by atoms with Crippen LogP contribution in [0.3, 0.4) is 0 Å². The summed E-state index contributed by atoms with van der Waals surface area (Å²) < 4.78 is 10.7. The summed E-state index contributed by atoms with van der Waals surface area (Å²) in [6.45, 7) is 1.84. The van der Waals surface area contributed by atoms with E-state index in [1.807, 2.05) is 37.3 Å². The molecule has 0 radical (unpaired) electrons. The SMILES string of the molecule is COc1ccc(NC(=O)COc2cccc3ccc(C)nc23)cc1. The second-order valence-corrected chi connectivity index (χ2v) is 5.35. The van der Waals surface area contributed by atoms with Crippen molar-refractivity contribution < 1.29 is 14.3 Å². The quantitative estimate of drug-likeness (QED) is 0.780. The van der Waals surface area contributed by atoms with Crippen molar-refractivity contribution in [2.24, 2.45) is 0 Å². The Balaban J connectivity index is 1.66. The first-order valence-electron chi connectivity index (χ1n) is 7.59. The first kappa shape index (κ1) is 15.8. The molecule has 0 saturated heterocycles. The number of hydrogen-bond acceptors (Lipinski definition) is 4. The molecule has 0 saturated carbocycles. The zero-order valence-corrected chi connectivity index (χ0v) is 13.6. The van der Waals surface area contributed by atoms with E-state index in [1.54, 1.807) is 31.4 Å². The molecule has 0 spiro atoms. The van der Waals surface area contributed by atoms with Crippen LogP contribution < -0.4 is 14.8 Å². The number of fused-ring (bicyclic) bond motifs is 1. The minimum absolute atomic E-state index is 0.0826. The smallest absolute Gasteiger partial charge is 0.262 e. The molecule has 1 N–H and O–H groups in total. The average Bonchev–Trinajstić information content (AvgIpc) is 2.60. The number of amides is 1. The van der Waals surface area contributed by atoms with Gasteiger partial charge < -0.3 is 14.8 Å². The summed E-state index contributed by atoms with van der Waals surface area (Å²) in [5.74, 6) is 1.10. The van der Waals surface area contributed by atoms with Crippen molar-refractivity contribution in [3.8, 4) is 11.5 Å². The Morgan fingerprint density at radius 2 is 1.88 bits per heavy atom. The number of carbonyl (C=O) groups excluding carboxylic acids is 1. The largest absolute Gasteiger partial charge is 0.497 e. The van der Waals surface area contributed by atoms with Gasteiger partial charge in [-0.05, 0) is 43.3 Å². The predicted octanol–water partition coefficient (Wildman–Crippen LogP) is 3.57. The van der Waals surface area contributed by atoms with Gasteiger partial charge in [-0.25, -0.2) is 4.98 Å². The van der Waals surface area contributed by atoms with Crippen LogP contribution in [0, 0.1) is 6.92 Å². The van der Waals surface area contributed by atoms with Crippen LogP contribution in [0.25, 0.3) is 10.9 Å². The number of pyridine rings is 1. The Bertz CT molecular complexity index is 860. The molecular weight excluding hydrogens is 304 g/mol. The van der Waals surface area contributed by atoms with Crippen LogP contribution in [0.4, 0.5) is 5.69 Å². The maximum atomic E-state index is 12.1. The van der Waals surface area contributed by atoms with Gasteiger partial charge in [0.15, 0.2) is 6.61 Å². The lowest BCUT2D eigenvalue weighted by molar-refractivity contribution is -0.118. The Kier molecular flexibility index (Phi) is 4.61. The highest BCUT2D eigenvalue weighted by Crippen LogP contribution is 2.24. The first-order chi connectivity index (χ1) is 11.7. The number of nitrogens with zero attached hydrogens (tertiary/aromatic N) is 1. The van der Waals surface area contributed by atoms with Gasteiger partial charge in [0.2, 0.25) is 0 Å². The third-order valence-corrected chi connectivity index (χ3v) is 3.56. The predicted molar refractivity (Wildman–Crippen MR) is 93.6 cm³/mol. The van der Waals surface area contributed by atoms with Gasteiger partial charge in [0.05, 0.1) is 7.11 Å². The number of hydrogen-bond donors (Lipinski definition) is 1. The number of anilines is 1. The lowest BCUT2D eigenvalue weighted by Gasteiger charge is -2.10. The van der Waals surface area contributed by atoms with E-state index in [9.17, 15) is 4.79 Å². The summed E-state index contributed by atoms with van der Waals surface area (Å²) in [6, 6.07) is 16.7. The number of nitrogens with one attached hydrogen (secondary N) is 1. The third-order valence-electron chi connectivity index (χ3n) is 3.56. The van der Waals surface area contributed by atoms with Crippen LogP contribution in [-0.4, -0.2) is 24.6 Å². The number of para-hydroxylation sites is 1. The van der Waals surface area contributed by atoms with E-state index < -0.39 is 0 Å². The molecule has 24 heavy (non-hydrogen) atoms. The van der Waals surface area contributed by atoms with Crippen LogP contribution >= 0.6 is 0 Å². The number of methoxy groups -OCH3 is 1. The molecule has 0 unspecified atom stereocenters. The van der Waals surface area contributed by atoms with Crippen molar-refractivity contribution >= 4 is 22.5 Å². The zero-order chi connectivity index (χ0) is 16.9. The molecular formula is C19H18N2O3. The van der Waals surface area contributed by atoms with Crippen LogP contribution in [-0.2, 0) is 4.79 Å². The Labute approximate surface area is 140 Å². The van der Waals surface area contributed by atoms with Gasteiger partial charge in [0.25, 0.3) is 5.91 Å². The van der Waals surface area contributed by atoms with E-state index >= 15 is 0 Å². The molecule has 122 valence electrons. The Hall–Kier alpha value is -3.08. The standard InChI is InChI=1S/C19H18N2O3/c1-13-6-7-14-4-3-5-17(19(14)20-13)24-12-18(22)21-15-8-10-16(23-2)11-9-15/h3-11H,12H2,1-2H3,(H,21,22). The second-order valence-electron chi connectivity index (χ2n) is 5.35. The van der Waals surface area contributed by atoms with Crippen LogP contribution in [0.15, 0.2) is 54.6 Å². The highest BCUT2D eigenvalue weighted by atomic mass is 16.5. The molecule has 0 aliphatic heterocycles. The summed E-state index contributed by atoms with van der Waals surface area (Å²) in [6.07, 6.45) is 0. The molecule has 0 aliphatic carbocycles. The van der Waals surface area contributed by atoms with Crippen molar-refractivity contribution in [2.45, 2.75) is 6.92 Å². The number of aryl methyl sites for hydroxylation is 1. The number of benzene rings is 2. The number of ether oxygens (including phenoxy) is 2. The van der Waals surface area contributed by atoms with Gasteiger partial charge in [-0.2, -0.15) is 0 Å². The summed E-state index contributed by atoms with van der Waals surface area (Å²) in [5, 5.41) is 3.76. The maximum absolute atomic E-state index is 12.1. The van der Waals surface area contributed by atoms with Crippen LogP contribution in [0.2, 0.25) is 0 Å². The van der Waals surface area contributed by atoms with Crippen molar-refractivity contribution in [1.82, 2.24) is 4.98 Å². The lowest BCUT2D eigenvalue weighted by atomic mass is 10.2. The molecule has 3 aromatic rings. The van der Waals surface area contributed by atoms with E-state index in [4.69, 9.17) is 9.47 Å². The molecule has 5 heteroatoms. The van der Waals surface area contributed by atoms with Gasteiger partial charge in [0, 0.05) is 16.8 Å². The van der Waals surface area contributed by atoms with Crippen LogP contribution in [0.1, 0.15) is 5.69 Å². The topological polar surface area (TPSA) is 60.5 Å². The molecule has 2 aromatic carbocycles. The first-order valence-corrected chi connectivity index (χ1v) is 7.59. The Morgan fingerprint density at radius 1 is 1.08 bits per heavy atom. The van der Waals surface area contributed by atoms with Crippen molar-refractivity contribution in [3.05, 3.63) is 60.3 Å². The van der Waals surface area contributed by atoms with E-state index in [0.29, 0.717) is 11.4 Å². The molecule has 0 aliphatic rings. The summed E-state index contributed by atoms with van der Waals surface area (Å²) in [7, 11) is 1.60. The van der Waals surface area contributed by atoms with Crippen LogP contribution in [0.5, 0.6) is 11.5 Å². The summed E-state index contributed by atoms with van der Waals surface area (Å²) >= 11 is 0. The third kappa shape index (κ3) is 3.63. The van der Waals surface area contributed by atoms with Crippen molar-refractivity contribution in [1.29, 1.82) is 0 Å². The average molecular weight is 322 g/mol. The fourth-order valence-electron chi connectivity index (χ4n) is 2.35. The summed E-state index contributed by atoms with van der Waals surface area (Å²) in [5.41, 5.74) is 2.35. The fraction of sp³-hybridized carbons (Fsp3) is 0.158. The minimum Gasteiger partial charge on any atom is -0.497 e. The summed E-state index contributed by atoms with van der Waals surface area (Å²) in [4.78, 5) is 16.5. The number of carbonyl (C=O) groups is 1. The second kappa shape index (κ2) is 7.00. The normalized spacial score (nSPS) is 10.4. The van der Waals surface area contributed by atoms with Crippen molar-refractivity contribution in [2.75, 3.05) is 19.0 Å². The minimum atomic E-state index is -0.232. The van der Waals surface area contributed by atoms with Gasteiger partial charge in [0.1, 0.15) is 17.0 Å². The zero-order valence-electron chi connectivity index (χ0n) is 13.6. The molecule has 1 amide bonds. The molecule has 5 nitrogen and oxygen atoms in total. The maximum Gasteiger partial charge on any atom is 0.262 e. The highest BCUT2D eigenvalue weighted by molar-refractivity contribution is 5.92. The van der Waals surface area contributed by atoms with E-state index in [0.717, 1.165) is 22.3 Å². The molecule has 3 rings (SSSR count). The van der Waals surface area contributed by atoms with E-state index in [-0.39, 0.29) is 12.5 Å². The Morgan fingerprint density at radius 3 is 2.62 bits per heavy atom. The highest BCUT2D eigenvalue weighted by Gasteiger charge is 2.08. The van der Waals surface area contributed by atoms with Crippen molar-refractivity contribution in [3.63, 3.8) is 0 Å². The van der Waals surface area contributed by atoms with Gasteiger partial charge in [-0.3, -0.25) is 4.79 Å². The number of aromatic nitrogens is 1. The van der Waals surface area contributed by atoms with Gasteiger partial charge >= 0.3 is 0 Å². The molecule has 1 heterocycles. The van der Waals surface area contributed by atoms with E-state index in [1.165, 1.54) is 0 Å². The van der Waals surface area contributed by atoms with E-state index in [2.05, 4.69) is 10.3 Å². The lowest BCUT2D eigenvalue weighted by Crippen LogP contribution is -2.20. The molecule has 0 bridgehead atoms. The molecule has 1 aromatic heterocycles. The monoisotopic (exact) mass is 322 g/mol. The fourth-order valence-corrected chi connectivity index (χ4v) is 2.35. The number of rotatable bonds is 5. The molecule has 0 atom stereocenters.